The Bertz CT molecular complexity index is 424. The van der Waals surface area contributed by atoms with E-state index in [0.717, 1.165) is 0 Å². The molecule has 1 atom stereocenters. The summed E-state index contributed by atoms with van der Waals surface area (Å²) in [6.45, 7) is 1.54. The third kappa shape index (κ3) is 2.77. The molecule has 1 heterocycles. The molecular weight excluding hydrogens is 267 g/mol. The SMILES string of the molecule is CCOC(=O)CC1(P(=O)(O)O)CCC(=O)OC1=O. The van der Waals surface area contributed by atoms with E-state index in [-0.39, 0.29) is 13.0 Å². The van der Waals surface area contributed by atoms with E-state index >= 15 is 0 Å². The first kappa shape index (κ1) is 14.8. The van der Waals surface area contributed by atoms with Gasteiger partial charge >= 0.3 is 25.5 Å². The Morgan fingerprint density at radius 2 is 2.11 bits per heavy atom. The topological polar surface area (TPSA) is 127 Å². The van der Waals surface area contributed by atoms with Crippen molar-refractivity contribution in [3.63, 3.8) is 0 Å². The van der Waals surface area contributed by atoms with Crippen LogP contribution in [0.15, 0.2) is 0 Å². The van der Waals surface area contributed by atoms with Crippen molar-refractivity contribution in [2.24, 2.45) is 0 Å². The lowest BCUT2D eigenvalue weighted by Crippen LogP contribution is -2.47. The van der Waals surface area contributed by atoms with Crippen LogP contribution in [-0.2, 0) is 28.4 Å². The lowest BCUT2D eigenvalue weighted by Gasteiger charge is -2.33. The molecule has 1 saturated heterocycles. The molecule has 0 aromatic rings. The van der Waals surface area contributed by atoms with Crippen molar-refractivity contribution in [3.05, 3.63) is 0 Å². The molecule has 0 saturated carbocycles. The second-order valence-corrected chi connectivity index (χ2v) is 5.76. The first-order valence-electron chi connectivity index (χ1n) is 5.19. The molecule has 0 aromatic carbocycles. The number of ether oxygens (including phenoxy) is 2. The van der Waals surface area contributed by atoms with Crippen molar-refractivity contribution < 1.29 is 38.2 Å². The van der Waals surface area contributed by atoms with Gasteiger partial charge in [0.2, 0.25) is 0 Å². The van der Waals surface area contributed by atoms with Crippen molar-refractivity contribution >= 4 is 25.5 Å². The van der Waals surface area contributed by atoms with Crippen LogP contribution in [0.2, 0.25) is 0 Å². The second kappa shape index (κ2) is 5.17. The fourth-order valence-corrected chi connectivity index (χ4v) is 2.66. The van der Waals surface area contributed by atoms with E-state index in [1.165, 1.54) is 6.92 Å². The zero-order chi connectivity index (χ0) is 14.0. The molecule has 0 radical (unpaired) electrons. The molecule has 9 heteroatoms. The van der Waals surface area contributed by atoms with Gasteiger partial charge in [-0.05, 0) is 13.3 Å². The molecule has 0 amide bonds. The Labute approximate surface area is 102 Å². The maximum atomic E-state index is 11.6. The molecule has 18 heavy (non-hydrogen) atoms. The molecule has 0 aliphatic carbocycles. The van der Waals surface area contributed by atoms with E-state index in [4.69, 9.17) is 0 Å². The van der Waals surface area contributed by atoms with Crippen molar-refractivity contribution in [2.45, 2.75) is 31.3 Å². The highest BCUT2D eigenvalue weighted by Crippen LogP contribution is 2.57. The second-order valence-electron chi connectivity index (χ2n) is 3.82. The van der Waals surface area contributed by atoms with Crippen molar-refractivity contribution in [1.29, 1.82) is 0 Å². The zero-order valence-electron chi connectivity index (χ0n) is 9.62. The normalized spacial score (nSPS) is 24.6. The summed E-state index contributed by atoms with van der Waals surface area (Å²) in [4.78, 5) is 52.3. The highest BCUT2D eigenvalue weighted by atomic mass is 31.2. The molecule has 2 N–H and O–H groups in total. The third-order valence-corrected chi connectivity index (χ3v) is 4.31. The summed E-state index contributed by atoms with van der Waals surface area (Å²) in [5.74, 6) is -3.17. The third-order valence-electron chi connectivity index (χ3n) is 2.63. The van der Waals surface area contributed by atoms with E-state index in [2.05, 4.69) is 9.47 Å². The van der Waals surface area contributed by atoms with E-state index in [9.17, 15) is 28.7 Å². The minimum atomic E-state index is -4.96. The molecule has 0 bridgehead atoms. The van der Waals surface area contributed by atoms with Gasteiger partial charge in [-0.1, -0.05) is 0 Å². The fraction of sp³-hybridized carbons (Fsp3) is 0.667. The van der Waals surface area contributed by atoms with Gasteiger partial charge in [-0.3, -0.25) is 18.9 Å². The van der Waals surface area contributed by atoms with Gasteiger partial charge in [0.1, 0.15) is 0 Å². The summed E-state index contributed by atoms with van der Waals surface area (Å²) < 4.78 is 20.2. The van der Waals surface area contributed by atoms with E-state index < -0.39 is 43.5 Å². The summed E-state index contributed by atoms with van der Waals surface area (Å²) in [5, 5.41) is -2.31. The number of esters is 3. The molecule has 1 fully saturated rings. The van der Waals surface area contributed by atoms with E-state index in [1.54, 1.807) is 0 Å². The molecule has 1 aliphatic heterocycles. The van der Waals surface area contributed by atoms with Crippen LogP contribution in [0.4, 0.5) is 0 Å². The Morgan fingerprint density at radius 1 is 1.50 bits per heavy atom. The van der Waals surface area contributed by atoms with Crippen LogP contribution in [0.25, 0.3) is 0 Å². The first-order valence-corrected chi connectivity index (χ1v) is 6.80. The van der Waals surface area contributed by atoms with Crippen molar-refractivity contribution in [1.82, 2.24) is 0 Å². The molecular formula is C9H13O8P. The lowest BCUT2D eigenvalue weighted by molar-refractivity contribution is -0.168. The summed E-state index contributed by atoms with van der Waals surface area (Å²) in [5.41, 5.74) is 0. The fourth-order valence-electron chi connectivity index (χ4n) is 1.64. The first-order chi connectivity index (χ1) is 8.23. The Kier molecular flexibility index (Phi) is 4.26. The maximum absolute atomic E-state index is 11.6. The Balaban J connectivity index is 3.04. The van der Waals surface area contributed by atoms with Crippen LogP contribution in [0.3, 0.4) is 0 Å². The summed E-state index contributed by atoms with van der Waals surface area (Å²) in [6.07, 6.45) is -1.58. The standard InChI is InChI=1S/C9H13O8P/c1-2-16-7(11)5-9(18(13,14)15)4-3-6(10)17-8(9)12/h2-5H2,1H3,(H2,13,14,15). The highest BCUT2D eigenvalue weighted by molar-refractivity contribution is 7.54. The predicted molar refractivity (Wildman–Crippen MR) is 56.4 cm³/mol. The average Bonchev–Trinajstić information content (AvgIpc) is 2.21. The maximum Gasteiger partial charge on any atom is 0.343 e. The smallest absolute Gasteiger partial charge is 0.343 e. The number of rotatable bonds is 4. The number of hydrogen-bond acceptors (Lipinski definition) is 6. The quantitative estimate of drug-likeness (QED) is 0.409. The van der Waals surface area contributed by atoms with Gasteiger partial charge in [0, 0.05) is 6.42 Å². The van der Waals surface area contributed by atoms with E-state index in [1.807, 2.05) is 0 Å². The Hall–Kier alpha value is -1.24. The van der Waals surface area contributed by atoms with Gasteiger partial charge < -0.3 is 19.3 Å². The van der Waals surface area contributed by atoms with Crippen LogP contribution < -0.4 is 0 Å². The van der Waals surface area contributed by atoms with Crippen LogP contribution in [0.5, 0.6) is 0 Å². The summed E-state index contributed by atoms with van der Waals surface area (Å²) in [7, 11) is -4.96. The number of cyclic esters (lactones) is 2. The van der Waals surface area contributed by atoms with Crippen LogP contribution in [-0.4, -0.2) is 39.5 Å². The highest BCUT2D eigenvalue weighted by Gasteiger charge is 2.59. The summed E-state index contributed by atoms with van der Waals surface area (Å²) in [6, 6.07) is 0. The van der Waals surface area contributed by atoms with Crippen molar-refractivity contribution in [2.75, 3.05) is 6.61 Å². The molecule has 102 valence electrons. The predicted octanol–water partition coefficient (Wildman–Crippen LogP) is -0.280. The van der Waals surface area contributed by atoms with Gasteiger partial charge in [-0.15, -0.1) is 0 Å². The van der Waals surface area contributed by atoms with Crippen molar-refractivity contribution in [3.8, 4) is 0 Å². The summed E-state index contributed by atoms with van der Waals surface area (Å²) >= 11 is 0. The molecule has 1 rings (SSSR count). The average molecular weight is 280 g/mol. The van der Waals surface area contributed by atoms with Gasteiger partial charge in [-0.2, -0.15) is 0 Å². The molecule has 8 nitrogen and oxygen atoms in total. The minimum Gasteiger partial charge on any atom is -0.466 e. The van der Waals surface area contributed by atoms with Gasteiger partial charge in [0.05, 0.1) is 13.0 Å². The van der Waals surface area contributed by atoms with E-state index in [0.29, 0.717) is 0 Å². The van der Waals surface area contributed by atoms with Gasteiger partial charge in [0.25, 0.3) is 0 Å². The molecule has 1 aliphatic rings. The lowest BCUT2D eigenvalue weighted by atomic mass is 9.96. The minimum absolute atomic E-state index is 0.0179. The van der Waals surface area contributed by atoms with Crippen LogP contribution >= 0.6 is 7.60 Å². The van der Waals surface area contributed by atoms with Gasteiger partial charge in [0.15, 0.2) is 5.16 Å². The molecule has 1 unspecified atom stereocenters. The number of hydrogen-bond donors (Lipinski definition) is 2. The molecule has 0 spiro atoms. The largest absolute Gasteiger partial charge is 0.466 e. The number of carbonyl (C=O) groups excluding carboxylic acids is 3. The Morgan fingerprint density at radius 3 is 2.56 bits per heavy atom. The van der Waals surface area contributed by atoms with Gasteiger partial charge in [-0.25, -0.2) is 0 Å². The van der Waals surface area contributed by atoms with Crippen LogP contribution in [0, 0.1) is 0 Å². The zero-order valence-corrected chi connectivity index (χ0v) is 10.5. The molecule has 0 aromatic heterocycles. The monoisotopic (exact) mass is 280 g/mol. The van der Waals surface area contributed by atoms with Crippen LogP contribution in [0.1, 0.15) is 26.2 Å². The number of carbonyl (C=O) groups is 3.